The van der Waals surface area contributed by atoms with Gasteiger partial charge in [0.05, 0.1) is 0 Å². The third-order valence-corrected chi connectivity index (χ3v) is 4.81. The van der Waals surface area contributed by atoms with Crippen molar-refractivity contribution in [1.29, 1.82) is 0 Å². The highest BCUT2D eigenvalue weighted by molar-refractivity contribution is 7.14. The number of rotatable bonds is 3. The largest absolute Gasteiger partial charge is 0.451 e. The second kappa shape index (κ2) is 6.39. The van der Waals surface area contributed by atoms with Gasteiger partial charge in [-0.2, -0.15) is 0 Å². The van der Waals surface area contributed by atoms with Gasteiger partial charge in [-0.05, 0) is 37.3 Å². The van der Waals surface area contributed by atoms with Crippen LogP contribution in [-0.4, -0.2) is 16.2 Å². The van der Waals surface area contributed by atoms with E-state index >= 15 is 0 Å². The van der Waals surface area contributed by atoms with Crippen molar-refractivity contribution in [1.82, 2.24) is 10.2 Å². The Bertz CT molecular complexity index is 607. The van der Waals surface area contributed by atoms with Gasteiger partial charge in [-0.3, -0.25) is 0 Å². The zero-order chi connectivity index (χ0) is 14.7. The van der Waals surface area contributed by atoms with E-state index in [0.29, 0.717) is 16.7 Å². The van der Waals surface area contributed by atoms with Crippen molar-refractivity contribution in [3.63, 3.8) is 0 Å². The van der Waals surface area contributed by atoms with Crippen molar-refractivity contribution >= 4 is 17.3 Å². The average Bonchev–Trinajstić information content (AvgIpc) is 3.03. The number of carbonyl (C=O) groups excluding carboxylic acids is 1. The molecule has 6 heteroatoms. The SMILES string of the molecule is Cc1nnc(COC(=O)c2cc3c(s2)CCCCCC3)o1. The Hall–Kier alpha value is -1.69. The lowest BCUT2D eigenvalue weighted by atomic mass is 10.00. The Morgan fingerprint density at radius 3 is 2.86 bits per heavy atom. The van der Waals surface area contributed by atoms with Crippen molar-refractivity contribution in [3.05, 3.63) is 33.2 Å². The van der Waals surface area contributed by atoms with Crippen molar-refractivity contribution < 1.29 is 13.9 Å². The fraction of sp³-hybridized carbons (Fsp3) is 0.533. The summed E-state index contributed by atoms with van der Waals surface area (Å²) in [6.07, 6.45) is 7.14. The number of carbonyl (C=O) groups is 1. The first kappa shape index (κ1) is 14.3. The van der Waals surface area contributed by atoms with Gasteiger partial charge in [0.1, 0.15) is 4.88 Å². The van der Waals surface area contributed by atoms with E-state index in [1.807, 2.05) is 6.07 Å². The molecule has 2 aromatic heterocycles. The molecule has 0 aromatic carbocycles. The summed E-state index contributed by atoms with van der Waals surface area (Å²) in [6.45, 7) is 1.74. The van der Waals surface area contributed by atoms with Crippen LogP contribution in [0.5, 0.6) is 0 Å². The number of fused-ring (bicyclic) bond motifs is 1. The first-order chi connectivity index (χ1) is 10.2. The van der Waals surface area contributed by atoms with Crippen LogP contribution >= 0.6 is 11.3 Å². The highest BCUT2D eigenvalue weighted by Gasteiger charge is 2.17. The number of hydrogen-bond donors (Lipinski definition) is 0. The number of aryl methyl sites for hydroxylation is 3. The molecule has 0 spiro atoms. The molecule has 1 aliphatic rings. The average molecular weight is 306 g/mol. The maximum Gasteiger partial charge on any atom is 0.348 e. The Labute approximate surface area is 127 Å². The number of esters is 1. The van der Waals surface area contributed by atoms with Crippen LogP contribution < -0.4 is 0 Å². The number of thiophene rings is 1. The minimum absolute atomic E-state index is 0.0300. The minimum atomic E-state index is -0.303. The van der Waals surface area contributed by atoms with Crippen LogP contribution in [0.4, 0.5) is 0 Å². The highest BCUT2D eigenvalue weighted by atomic mass is 32.1. The van der Waals surface area contributed by atoms with Crippen LogP contribution in [0.3, 0.4) is 0 Å². The number of ether oxygens (including phenoxy) is 1. The van der Waals surface area contributed by atoms with E-state index in [1.165, 1.54) is 36.1 Å². The molecule has 0 N–H and O–H groups in total. The number of nitrogens with zero attached hydrogens (tertiary/aromatic N) is 2. The molecule has 0 aliphatic heterocycles. The second-order valence-corrected chi connectivity index (χ2v) is 6.40. The number of aromatic nitrogens is 2. The predicted octanol–water partition coefficient (Wildman–Crippen LogP) is 3.46. The van der Waals surface area contributed by atoms with Gasteiger partial charge in [0.2, 0.25) is 5.89 Å². The lowest BCUT2D eigenvalue weighted by Gasteiger charge is -2.07. The third kappa shape index (κ3) is 3.50. The fourth-order valence-corrected chi connectivity index (χ4v) is 3.69. The highest BCUT2D eigenvalue weighted by Crippen LogP contribution is 2.29. The topological polar surface area (TPSA) is 65.2 Å². The lowest BCUT2D eigenvalue weighted by Crippen LogP contribution is -2.03. The molecule has 112 valence electrons. The molecule has 0 unspecified atom stereocenters. The number of hydrogen-bond acceptors (Lipinski definition) is 6. The van der Waals surface area contributed by atoms with Crippen LogP contribution in [0.25, 0.3) is 0 Å². The van der Waals surface area contributed by atoms with Gasteiger partial charge < -0.3 is 9.15 Å². The van der Waals surface area contributed by atoms with Crippen LogP contribution in [0.1, 0.15) is 57.6 Å². The molecule has 21 heavy (non-hydrogen) atoms. The fourth-order valence-electron chi connectivity index (χ4n) is 2.54. The van der Waals surface area contributed by atoms with Crippen molar-refractivity contribution in [2.45, 2.75) is 52.1 Å². The second-order valence-electron chi connectivity index (χ2n) is 5.26. The summed E-state index contributed by atoms with van der Waals surface area (Å²) in [4.78, 5) is 14.1. The maximum absolute atomic E-state index is 12.1. The van der Waals surface area contributed by atoms with Gasteiger partial charge in [0.15, 0.2) is 6.61 Å². The van der Waals surface area contributed by atoms with E-state index in [2.05, 4.69) is 10.2 Å². The Morgan fingerprint density at radius 1 is 1.29 bits per heavy atom. The molecular formula is C15H18N2O3S. The van der Waals surface area contributed by atoms with Crippen molar-refractivity contribution in [2.24, 2.45) is 0 Å². The van der Waals surface area contributed by atoms with E-state index in [1.54, 1.807) is 18.3 Å². The Balaban J connectivity index is 1.65. The predicted molar refractivity (Wildman–Crippen MR) is 78.3 cm³/mol. The minimum Gasteiger partial charge on any atom is -0.451 e. The summed E-state index contributed by atoms with van der Waals surface area (Å²) in [7, 11) is 0. The Kier molecular flexibility index (Phi) is 4.34. The lowest BCUT2D eigenvalue weighted by molar-refractivity contribution is 0.0442. The molecule has 0 radical (unpaired) electrons. The standard InChI is InChI=1S/C15H18N2O3S/c1-10-16-17-14(20-10)9-19-15(18)13-8-11-6-4-2-3-5-7-12(11)21-13/h8H,2-7,9H2,1H3. The van der Waals surface area contributed by atoms with Crippen LogP contribution in [-0.2, 0) is 24.2 Å². The normalized spacial score (nSPS) is 15.1. The van der Waals surface area contributed by atoms with Crippen molar-refractivity contribution in [3.8, 4) is 0 Å². The van der Waals surface area contributed by atoms with Gasteiger partial charge in [-0.25, -0.2) is 4.79 Å². The molecule has 0 bridgehead atoms. The Morgan fingerprint density at radius 2 is 2.10 bits per heavy atom. The summed E-state index contributed by atoms with van der Waals surface area (Å²) >= 11 is 1.57. The molecule has 2 heterocycles. The molecule has 0 saturated carbocycles. The quantitative estimate of drug-likeness (QED) is 0.813. The van der Waals surface area contributed by atoms with E-state index in [4.69, 9.17) is 9.15 Å². The van der Waals surface area contributed by atoms with Gasteiger partial charge >= 0.3 is 5.97 Å². The van der Waals surface area contributed by atoms with Crippen molar-refractivity contribution in [2.75, 3.05) is 0 Å². The molecule has 1 aliphatic carbocycles. The summed E-state index contributed by atoms with van der Waals surface area (Å²) in [5, 5.41) is 7.52. The summed E-state index contributed by atoms with van der Waals surface area (Å²) < 4.78 is 10.4. The molecule has 5 nitrogen and oxygen atoms in total. The molecular weight excluding hydrogens is 288 g/mol. The van der Waals surface area contributed by atoms with Gasteiger partial charge in [-0.1, -0.05) is 12.8 Å². The van der Waals surface area contributed by atoms with Crippen LogP contribution in [0.15, 0.2) is 10.5 Å². The molecule has 0 atom stereocenters. The van der Waals surface area contributed by atoms with Gasteiger partial charge in [0, 0.05) is 11.8 Å². The van der Waals surface area contributed by atoms with Gasteiger partial charge in [-0.15, -0.1) is 21.5 Å². The first-order valence-corrected chi connectivity index (χ1v) is 8.12. The summed E-state index contributed by atoms with van der Waals surface area (Å²) in [6, 6.07) is 1.99. The molecule has 0 amide bonds. The van der Waals surface area contributed by atoms with E-state index < -0.39 is 0 Å². The summed E-state index contributed by atoms with van der Waals surface area (Å²) in [5.74, 6) is 0.499. The maximum atomic E-state index is 12.1. The first-order valence-electron chi connectivity index (χ1n) is 7.30. The van der Waals surface area contributed by atoms with E-state index in [9.17, 15) is 4.79 Å². The van der Waals surface area contributed by atoms with Gasteiger partial charge in [0.25, 0.3) is 5.89 Å². The third-order valence-electron chi connectivity index (χ3n) is 3.59. The summed E-state index contributed by atoms with van der Waals surface area (Å²) in [5.41, 5.74) is 1.32. The van der Waals surface area contributed by atoms with E-state index in [-0.39, 0.29) is 12.6 Å². The molecule has 2 aromatic rings. The van der Waals surface area contributed by atoms with E-state index in [0.717, 1.165) is 12.8 Å². The molecule has 3 rings (SSSR count). The van der Waals surface area contributed by atoms with Crippen LogP contribution in [0, 0.1) is 6.92 Å². The van der Waals surface area contributed by atoms with Crippen LogP contribution in [0.2, 0.25) is 0 Å². The zero-order valence-electron chi connectivity index (χ0n) is 12.1. The smallest absolute Gasteiger partial charge is 0.348 e. The monoisotopic (exact) mass is 306 g/mol. The molecule has 0 saturated heterocycles. The molecule has 0 fully saturated rings. The zero-order valence-corrected chi connectivity index (χ0v) is 12.9.